The summed E-state index contributed by atoms with van der Waals surface area (Å²) in [7, 11) is 0. The van der Waals surface area contributed by atoms with Gasteiger partial charge in [0.2, 0.25) is 0 Å². The normalized spacial score (nSPS) is 11.5. The summed E-state index contributed by atoms with van der Waals surface area (Å²) in [5.74, 6) is -0.890. The number of anilines is 1. The van der Waals surface area contributed by atoms with E-state index in [1.165, 1.54) is 0 Å². The Balaban J connectivity index is 2.47. The summed E-state index contributed by atoms with van der Waals surface area (Å²) in [6.07, 6.45) is 0. The third-order valence-corrected chi connectivity index (χ3v) is 2.96. The average molecular weight is 257 g/mol. The third-order valence-electron chi connectivity index (χ3n) is 2.96. The molecule has 0 spiro atoms. The van der Waals surface area contributed by atoms with Crippen LogP contribution in [0.25, 0.3) is 10.8 Å². The van der Waals surface area contributed by atoms with Crippen LogP contribution in [-0.2, 0) is 0 Å². The molecule has 0 aliphatic carbocycles. The van der Waals surface area contributed by atoms with Crippen LogP contribution in [0.15, 0.2) is 36.4 Å². The Morgan fingerprint density at radius 1 is 1.11 bits per heavy atom. The number of hydrogen-bond acceptors (Lipinski definition) is 2. The summed E-state index contributed by atoms with van der Waals surface area (Å²) < 4.78 is 0. The molecular formula is C16H19NO2. The number of nitrogens with one attached hydrogen (secondary N) is 1. The topological polar surface area (TPSA) is 49.3 Å². The van der Waals surface area contributed by atoms with E-state index in [0.717, 1.165) is 23.0 Å². The SMILES string of the molecule is CC(C)(C)CNc1ccc(C(=O)O)c2ccccc12. The zero-order chi connectivity index (χ0) is 14.0. The van der Waals surface area contributed by atoms with Crippen molar-refractivity contribution >= 4 is 22.4 Å². The Morgan fingerprint density at radius 3 is 2.32 bits per heavy atom. The largest absolute Gasteiger partial charge is 0.478 e. The maximum absolute atomic E-state index is 11.2. The molecule has 3 nitrogen and oxygen atoms in total. The van der Waals surface area contributed by atoms with E-state index in [1.807, 2.05) is 30.3 Å². The lowest BCUT2D eigenvalue weighted by molar-refractivity contribution is 0.0699. The number of benzene rings is 2. The monoisotopic (exact) mass is 257 g/mol. The van der Waals surface area contributed by atoms with Crippen molar-refractivity contribution in [2.24, 2.45) is 5.41 Å². The lowest BCUT2D eigenvalue weighted by atomic mass is 9.96. The predicted octanol–water partition coefficient (Wildman–Crippen LogP) is 4.00. The van der Waals surface area contributed by atoms with Gasteiger partial charge in [-0.05, 0) is 22.9 Å². The van der Waals surface area contributed by atoms with Crippen LogP contribution in [-0.4, -0.2) is 17.6 Å². The number of carbonyl (C=O) groups is 1. The Hall–Kier alpha value is -2.03. The molecule has 2 aromatic carbocycles. The van der Waals surface area contributed by atoms with Crippen molar-refractivity contribution in [3.8, 4) is 0 Å². The molecule has 0 saturated heterocycles. The second-order valence-corrected chi connectivity index (χ2v) is 5.93. The molecule has 0 atom stereocenters. The second-order valence-electron chi connectivity index (χ2n) is 5.93. The summed E-state index contributed by atoms with van der Waals surface area (Å²) in [5.41, 5.74) is 1.50. The highest BCUT2D eigenvalue weighted by molar-refractivity contribution is 6.07. The summed E-state index contributed by atoms with van der Waals surface area (Å²) in [4.78, 5) is 11.2. The van der Waals surface area contributed by atoms with Crippen LogP contribution in [0.4, 0.5) is 5.69 Å². The molecule has 0 heterocycles. The first kappa shape index (κ1) is 13.4. The molecule has 0 aliphatic rings. The highest BCUT2D eigenvalue weighted by Crippen LogP contribution is 2.27. The highest BCUT2D eigenvalue weighted by Gasteiger charge is 2.13. The molecule has 0 unspecified atom stereocenters. The molecule has 100 valence electrons. The molecular weight excluding hydrogens is 238 g/mol. The van der Waals surface area contributed by atoms with E-state index in [-0.39, 0.29) is 5.41 Å². The van der Waals surface area contributed by atoms with Gasteiger partial charge in [0.1, 0.15) is 0 Å². The molecule has 0 bridgehead atoms. The van der Waals surface area contributed by atoms with Gasteiger partial charge in [-0.2, -0.15) is 0 Å². The molecule has 0 amide bonds. The molecule has 3 heteroatoms. The van der Waals surface area contributed by atoms with E-state index in [9.17, 15) is 9.90 Å². The lowest BCUT2D eigenvalue weighted by Gasteiger charge is -2.20. The van der Waals surface area contributed by atoms with E-state index < -0.39 is 5.97 Å². The summed E-state index contributed by atoms with van der Waals surface area (Å²) in [6.45, 7) is 7.32. The van der Waals surface area contributed by atoms with Gasteiger partial charge in [-0.3, -0.25) is 0 Å². The molecule has 0 saturated carbocycles. The standard InChI is InChI=1S/C16H19NO2/c1-16(2,3)10-17-14-9-8-13(15(18)19)11-6-4-5-7-12(11)14/h4-9,17H,10H2,1-3H3,(H,18,19). The van der Waals surface area contributed by atoms with E-state index in [2.05, 4.69) is 26.1 Å². The Bertz CT molecular complexity index is 612. The van der Waals surface area contributed by atoms with Gasteiger partial charge in [-0.15, -0.1) is 0 Å². The fourth-order valence-electron chi connectivity index (χ4n) is 2.00. The fraction of sp³-hybridized carbons (Fsp3) is 0.312. The number of fused-ring (bicyclic) bond motifs is 1. The van der Waals surface area contributed by atoms with Gasteiger partial charge >= 0.3 is 5.97 Å². The van der Waals surface area contributed by atoms with Crippen LogP contribution in [0.5, 0.6) is 0 Å². The molecule has 0 fully saturated rings. The van der Waals surface area contributed by atoms with Gasteiger partial charge in [0, 0.05) is 17.6 Å². The Morgan fingerprint density at radius 2 is 1.74 bits per heavy atom. The zero-order valence-corrected chi connectivity index (χ0v) is 11.5. The van der Waals surface area contributed by atoms with Crippen LogP contribution in [0.1, 0.15) is 31.1 Å². The van der Waals surface area contributed by atoms with Gasteiger partial charge in [0.25, 0.3) is 0 Å². The van der Waals surface area contributed by atoms with Crippen molar-refractivity contribution < 1.29 is 9.90 Å². The maximum Gasteiger partial charge on any atom is 0.336 e. The number of aromatic carboxylic acids is 1. The number of carboxylic acids is 1. The van der Waals surface area contributed by atoms with Crippen molar-refractivity contribution in [2.45, 2.75) is 20.8 Å². The van der Waals surface area contributed by atoms with Crippen molar-refractivity contribution in [1.29, 1.82) is 0 Å². The van der Waals surface area contributed by atoms with Crippen LogP contribution in [0.2, 0.25) is 0 Å². The smallest absolute Gasteiger partial charge is 0.336 e. The fourth-order valence-corrected chi connectivity index (χ4v) is 2.00. The van der Waals surface area contributed by atoms with Gasteiger partial charge in [-0.1, -0.05) is 45.0 Å². The minimum atomic E-state index is -0.890. The predicted molar refractivity (Wildman–Crippen MR) is 78.9 cm³/mol. The molecule has 2 rings (SSSR count). The number of hydrogen-bond donors (Lipinski definition) is 2. The molecule has 2 aromatic rings. The Kier molecular flexibility index (Phi) is 3.47. The van der Waals surface area contributed by atoms with Crippen LogP contribution in [0.3, 0.4) is 0 Å². The van der Waals surface area contributed by atoms with Crippen LogP contribution >= 0.6 is 0 Å². The molecule has 0 aromatic heterocycles. The van der Waals surface area contributed by atoms with E-state index >= 15 is 0 Å². The van der Waals surface area contributed by atoms with Gasteiger partial charge in [0.15, 0.2) is 0 Å². The number of carboxylic acid groups (broad SMARTS) is 1. The van der Waals surface area contributed by atoms with Crippen LogP contribution in [0, 0.1) is 5.41 Å². The quantitative estimate of drug-likeness (QED) is 0.873. The first-order valence-corrected chi connectivity index (χ1v) is 6.37. The van der Waals surface area contributed by atoms with Gasteiger partial charge in [-0.25, -0.2) is 4.79 Å². The molecule has 19 heavy (non-hydrogen) atoms. The van der Waals surface area contributed by atoms with E-state index in [4.69, 9.17) is 0 Å². The third kappa shape index (κ3) is 3.05. The minimum Gasteiger partial charge on any atom is -0.478 e. The average Bonchev–Trinajstić information content (AvgIpc) is 2.34. The summed E-state index contributed by atoms with van der Waals surface area (Å²) in [6, 6.07) is 11.1. The second kappa shape index (κ2) is 4.92. The van der Waals surface area contributed by atoms with Gasteiger partial charge < -0.3 is 10.4 Å². The Labute approximate surface area is 113 Å². The lowest BCUT2D eigenvalue weighted by Crippen LogP contribution is -2.19. The van der Waals surface area contributed by atoms with Gasteiger partial charge in [0.05, 0.1) is 5.56 Å². The molecule has 2 N–H and O–H groups in total. The van der Waals surface area contributed by atoms with Crippen molar-refractivity contribution in [3.63, 3.8) is 0 Å². The maximum atomic E-state index is 11.2. The van der Waals surface area contributed by atoms with Crippen molar-refractivity contribution in [3.05, 3.63) is 42.0 Å². The molecule has 0 aliphatic heterocycles. The summed E-state index contributed by atoms with van der Waals surface area (Å²) >= 11 is 0. The van der Waals surface area contributed by atoms with Crippen molar-refractivity contribution in [1.82, 2.24) is 0 Å². The van der Waals surface area contributed by atoms with Crippen LogP contribution < -0.4 is 5.32 Å². The van der Waals surface area contributed by atoms with Crippen molar-refractivity contribution in [2.75, 3.05) is 11.9 Å². The first-order chi connectivity index (χ1) is 8.88. The first-order valence-electron chi connectivity index (χ1n) is 6.37. The zero-order valence-electron chi connectivity index (χ0n) is 11.5. The summed E-state index contributed by atoms with van der Waals surface area (Å²) in [5, 5.41) is 14.3. The molecule has 0 radical (unpaired) electrons. The van der Waals surface area contributed by atoms with E-state index in [0.29, 0.717) is 5.56 Å². The minimum absolute atomic E-state index is 0.173. The highest BCUT2D eigenvalue weighted by atomic mass is 16.4. The van der Waals surface area contributed by atoms with E-state index in [1.54, 1.807) is 6.07 Å². The number of rotatable bonds is 3.